The predicted molar refractivity (Wildman–Crippen MR) is 145 cm³/mol. The molecule has 1 aliphatic rings. The smallest absolute Gasteiger partial charge is 0.260 e. The van der Waals surface area contributed by atoms with Gasteiger partial charge in [0.2, 0.25) is 10.0 Å². The molecular formula is C25H33ClN4O3S2. The maximum Gasteiger partial charge on any atom is 0.260 e. The molecule has 0 spiro atoms. The number of hydrogen-bond acceptors (Lipinski definition) is 6. The molecule has 4 rings (SSSR count). The van der Waals surface area contributed by atoms with Crippen molar-refractivity contribution in [3.05, 3.63) is 54.1 Å². The van der Waals surface area contributed by atoms with Crippen molar-refractivity contribution in [3.63, 3.8) is 0 Å². The summed E-state index contributed by atoms with van der Waals surface area (Å²) in [7, 11) is 0.333. The van der Waals surface area contributed by atoms with Gasteiger partial charge in [-0.2, -0.15) is 4.31 Å². The molecule has 2 heterocycles. The number of amides is 1. The fourth-order valence-corrected chi connectivity index (χ4v) is 7.11. The van der Waals surface area contributed by atoms with Gasteiger partial charge in [-0.15, -0.1) is 12.4 Å². The maximum atomic E-state index is 13.5. The van der Waals surface area contributed by atoms with Crippen molar-refractivity contribution in [2.24, 2.45) is 11.8 Å². The van der Waals surface area contributed by atoms with Crippen molar-refractivity contribution >= 4 is 55.0 Å². The molecule has 1 aliphatic heterocycles. The monoisotopic (exact) mass is 536 g/mol. The number of benzene rings is 2. The fourth-order valence-electron chi connectivity index (χ4n) is 4.44. The molecule has 0 bridgehead atoms. The summed E-state index contributed by atoms with van der Waals surface area (Å²) in [6.45, 7) is 6.40. The van der Waals surface area contributed by atoms with E-state index in [4.69, 9.17) is 0 Å². The Morgan fingerprint density at radius 3 is 2.26 bits per heavy atom. The maximum absolute atomic E-state index is 13.5. The van der Waals surface area contributed by atoms with E-state index in [1.165, 1.54) is 11.3 Å². The molecule has 2 aromatic carbocycles. The van der Waals surface area contributed by atoms with Gasteiger partial charge >= 0.3 is 0 Å². The average molecular weight is 537 g/mol. The lowest BCUT2D eigenvalue weighted by atomic mass is 9.94. The van der Waals surface area contributed by atoms with Gasteiger partial charge in [-0.1, -0.05) is 37.3 Å². The second-order valence-corrected chi connectivity index (χ2v) is 12.5. The molecule has 0 radical (unpaired) electrons. The van der Waals surface area contributed by atoms with Crippen LogP contribution in [0.3, 0.4) is 0 Å². The number of carbonyl (C=O) groups excluding carboxylic acids is 1. The van der Waals surface area contributed by atoms with Gasteiger partial charge in [-0.05, 0) is 68.8 Å². The number of likely N-dealkylation sites (N-methyl/N-ethyl adjacent to an activating group) is 1. The summed E-state index contributed by atoms with van der Waals surface area (Å²) in [6, 6.07) is 14.1. The number of rotatable bonds is 7. The van der Waals surface area contributed by atoms with E-state index in [1.54, 1.807) is 33.5 Å². The second-order valence-electron chi connectivity index (χ2n) is 9.52. The highest BCUT2D eigenvalue weighted by Crippen LogP contribution is 2.30. The Labute approximate surface area is 218 Å². The van der Waals surface area contributed by atoms with Crippen LogP contribution in [0.15, 0.2) is 53.4 Å². The number of thiazole rings is 1. The van der Waals surface area contributed by atoms with Gasteiger partial charge in [0.15, 0.2) is 5.13 Å². The van der Waals surface area contributed by atoms with Crippen LogP contribution in [0.1, 0.15) is 30.6 Å². The average Bonchev–Trinajstić information content (AvgIpc) is 3.22. The summed E-state index contributed by atoms with van der Waals surface area (Å²) in [5.74, 6) is 0.474. The third-order valence-corrected chi connectivity index (χ3v) is 9.01. The number of halogens is 1. The highest BCUT2D eigenvalue weighted by molar-refractivity contribution is 7.89. The van der Waals surface area contributed by atoms with Crippen LogP contribution in [0.4, 0.5) is 5.13 Å². The van der Waals surface area contributed by atoms with E-state index in [1.807, 2.05) is 43.3 Å². The fraction of sp³-hybridized carbons (Fsp3) is 0.440. The van der Waals surface area contributed by atoms with E-state index < -0.39 is 10.0 Å². The summed E-state index contributed by atoms with van der Waals surface area (Å²) in [4.78, 5) is 22.1. The summed E-state index contributed by atoms with van der Waals surface area (Å²) < 4.78 is 29.0. The lowest BCUT2D eigenvalue weighted by Crippen LogP contribution is -2.42. The second kappa shape index (κ2) is 11.3. The molecule has 0 saturated carbocycles. The predicted octanol–water partition coefficient (Wildman–Crippen LogP) is 4.59. The molecule has 0 aliphatic carbocycles. The molecule has 35 heavy (non-hydrogen) atoms. The van der Waals surface area contributed by atoms with E-state index in [2.05, 4.69) is 18.8 Å². The first kappa shape index (κ1) is 27.5. The Morgan fingerprint density at radius 1 is 1.03 bits per heavy atom. The van der Waals surface area contributed by atoms with Gasteiger partial charge in [0, 0.05) is 31.7 Å². The topological polar surface area (TPSA) is 73.8 Å². The van der Waals surface area contributed by atoms with E-state index in [9.17, 15) is 13.2 Å². The van der Waals surface area contributed by atoms with Gasteiger partial charge in [0.1, 0.15) is 0 Å². The zero-order valence-corrected chi connectivity index (χ0v) is 23.0. The first-order chi connectivity index (χ1) is 16.1. The number of carbonyl (C=O) groups is 1. The SMILES string of the molecule is CC1CC(C)CN(S(=O)(=O)c2ccc(C(=O)N(CCN(C)C)c3nc4ccccc4s3)cc2)C1.Cl. The van der Waals surface area contributed by atoms with Gasteiger partial charge in [-0.3, -0.25) is 9.69 Å². The number of sulfonamides is 1. The van der Waals surface area contributed by atoms with Crippen LogP contribution >= 0.6 is 23.7 Å². The van der Waals surface area contributed by atoms with E-state index in [-0.39, 0.29) is 23.2 Å². The van der Waals surface area contributed by atoms with Crippen molar-refractivity contribution in [2.75, 3.05) is 45.2 Å². The van der Waals surface area contributed by atoms with Crippen molar-refractivity contribution in [1.29, 1.82) is 0 Å². The molecule has 0 N–H and O–H groups in total. The van der Waals surface area contributed by atoms with Crippen LogP contribution in [-0.4, -0.2) is 68.8 Å². The van der Waals surface area contributed by atoms with Gasteiger partial charge in [0.05, 0.1) is 15.1 Å². The summed E-state index contributed by atoms with van der Waals surface area (Å²) in [6.07, 6.45) is 1.04. The number of nitrogens with zero attached hydrogens (tertiary/aromatic N) is 4. The number of fused-ring (bicyclic) bond motifs is 1. The van der Waals surface area contributed by atoms with Crippen LogP contribution in [0.25, 0.3) is 10.2 Å². The molecule has 7 nitrogen and oxygen atoms in total. The minimum Gasteiger partial charge on any atom is -0.308 e. The minimum absolute atomic E-state index is 0. The third kappa shape index (κ3) is 6.21. The number of piperidine rings is 1. The quantitative estimate of drug-likeness (QED) is 0.441. The Balaban J connectivity index is 0.00000342. The Kier molecular flexibility index (Phi) is 8.93. The molecular weight excluding hydrogens is 504 g/mol. The number of para-hydroxylation sites is 1. The number of anilines is 1. The molecule has 1 saturated heterocycles. The first-order valence-corrected chi connectivity index (χ1v) is 13.8. The molecule has 2 unspecified atom stereocenters. The minimum atomic E-state index is -3.59. The molecule has 1 amide bonds. The highest BCUT2D eigenvalue weighted by Gasteiger charge is 2.32. The van der Waals surface area contributed by atoms with E-state index >= 15 is 0 Å². The molecule has 3 aromatic rings. The summed E-state index contributed by atoms with van der Waals surface area (Å²) >= 11 is 1.48. The zero-order valence-electron chi connectivity index (χ0n) is 20.5. The van der Waals surface area contributed by atoms with Gasteiger partial charge in [-0.25, -0.2) is 13.4 Å². The Bertz CT molecular complexity index is 1220. The lowest BCUT2D eigenvalue weighted by Gasteiger charge is -2.34. The van der Waals surface area contributed by atoms with Crippen LogP contribution < -0.4 is 4.90 Å². The van der Waals surface area contributed by atoms with Crippen LogP contribution in [0, 0.1) is 11.8 Å². The number of hydrogen-bond donors (Lipinski definition) is 0. The van der Waals surface area contributed by atoms with E-state index in [0.29, 0.717) is 48.7 Å². The standard InChI is InChI=1S/C25H32N4O3S2.ClH/c1-18-15-19(2)17-28(16-18)34(31,32)21-11-9-20(10-12-21)24(30)29(14-13-27(3)4)25-26-22-7-5-6-8-23(22)33-25;/h5-12,18-19H,13-17H2,1-4H3;1H. The van der Waals surface area contributed by atoms with Crippen LogP contribution in [0.2, 0.25) is 0 Å². The van der Waals surface area contributed by atoms with Crippen LogP contribution in [-0.2, 0) is 10.0 Å². The molecule has 190 valence electrons. The molecule has 1 aromatic heterocycles. The highest BCUT2D eigenvalue weighted by atomic mass is 35.5. The molecule has 10 heteroatoms. The Hall–Kier alpha value is -2.04. The largest absolute Gasteiger partial charge is 0.308 e. The summed E-state index contributed by atoms with van der Waals surface area (Å²) in [5, 5.41) is 0.640. The Morgan fingerprint density at radius 2 is 1.66 bits per heavy atom. The number of aromatic nitrogens is 1. The normalized spacial score (nSPS) is 19.0. The van der Waals surface area contributed by atoms with Crippen molar-refractivity contribution in [3.8, 4) is 0 Å². The van der Waals surface area contributed by atoms with Gasteiger partial charge in [0.25, 0.3) is 5.91 Å². The molecule has 2 atom stereocenters. The third-order valence-electron chi connectivity index (χ3n) is 6.10. The lowest BCUT2D eigenvalue weighted by molar-refractivity contribution is 0.0985. The molecule has 1 fully saturated rings. The van der Waals surface area contributed by atoms with Gasteiger partial charge < -0.3 is 4.90 Å². The van der Waals surface area contributed by atoms with Crippen molar-refractivity contribution in [1.82, 2.24) is 14.2 Å². The summed E-state index contributed by atoms with van der Waals surface area (Å²) in [5.41, 5.74) is 1.30. The van der Waals surface area contributed by atoms with Crippen molar-refractivity contribution in [2.45, 2.75) is 25.2 Å². The first-order valence-electron chi connectivity index (χ1n) is 11.6. The van der Waals surface area contributed by atoms with Crippen molar-refractivity contribution < 1.29 is 13.2 Å². The van der Waals surface area contributed by atoms with E-state index in [0.717, 1.165) is 16.6 Å². The zero-order chi connectivity index (χ0) is 24.5. The van der Waals surface area contributed by atoms with Crippen LogP contribution in [0.5, 0.6) is 0 Å².